The molecule has 0 aliphatic heterocycles. The van der Waals surface area contributed by atoms with Crippen LogP contribution in [0.3, 0.4) is 0 Å². The predicted molar refractivity (Wildman–Crippen MR) is 69.5 cm³/mol. The summed E-state index contributed by atoms with van der Waals surface area (Å²) in [4.78, 5) is 11.3. The third kappa shape index (κ3) is 3.13. The summed E-state index contributed by atoms with van der Waals surface area (Å²) >= 11 is 0. The lowest BCUT2D eigenvalue weighted by Gasteiger charge is -2.28. The Morgan fingerprint density at radius 2 is 2.32 bits per heavy atom. The van der Waals surface area contributed by atoms with Gasteiger partial charge in [0.2, 0.25) is 0 Å². The number of carbonyl (C=O) groups is 1. The number of rotatable bonds is 4. The van der Waals surface area contributed by atoms with Crippen molar-refractivity contribution in [3.63, 3.8) is 0 Å². The number of H-pyrrole nitrogens is 1. The average molecular weight is 260 g/mol. The number of esters is 1. The Morgan fingerprint density at radius 3 is 2.89 bits per heavy atom. The molecule has 1 heterocycles. The highest BCUT2D eigenvalue weighted by molar-refractivity contribution is 5.66. The largest absolute Gasteiger partial charge is 0.508 e. The first-order valence-electron chi connectivity index (χ1n) is 5.96. The molecule has 0 amide bonds. The highest BCUT2D eigenvalue weighted by atomic mass is 16.6. The summed E-state index contributed by atoms with van der Waals surface area (Å²) in [6.07, 6.45) is 3.79. The van der Waals surface area contributed by atoms with Crippen molar-refractivity contribution in [2.75, 3.05) is 0 Å². The maximum atomic E-state index is 11.3. The topological polar surface area (TPSA) is 75.2 Å². The maximum Gasteiger partial charge on any atom is 0.303 e. The normalized spacial score (nSPS) is 13.8. The average Bonchev–Trinajstić information content (AvgIpc) is 2.81. The van der Waals surface area contributed by atoms with Gasteiger partial charge in [0.1, 0.15) is 11.4 Å². The van der Waals surface area contributed by atoms with Crippen LogP contribution in [0.2, 0.25) is 0 Å². The molecule has 0 radical (unpaired) electrons. The third-order valence-electron chi connectivity index (χ3n) is 2.93. The van der Waals surface area contributed by atoms with E-state index in [1.54, 1.807) is 30.6 Å². The molecule has 2 N–H and O–H groups in total. The Kier molecular flexibility index (Phi) is 3.55. The van der Waals surface area contributed by atoms with Crippen molar-refractivity contribution in [2.24, 2.45) is 0 Å². The Balaban J connectivity index is 2.31. The highest BCUT2D eigenvalue weighted by Crippen LogP contribution is 2.30. The second kappa shape index (κ2) is 5.14. The summed E-state index contributed by atoms with van der Waals surface area (Å²) in [6.45, 7) is 3.20. The summed E-state index contributed by atoms with van der Waals surface area (Å²) < 4.78 is 5.45. The number of carbonyl (C=O) groups excluding carboxylic acids is 1. The van der Waals surface area contributed by atoms with E-state index < -0.39 is 5.60 Å². The molecule has 0 aliphatic rings. The Labute approximate surface area is 111 Å². The number of phenolic OH excluding ortho intramolecular Hbond substituents is 1. The fourth-order valence-corrected chi connectivity index (χ4v) is 2.11. The number of benzene rings is 1. The number of ether oxygens (including phenoxy) is 1. The summed E-state index contributed by atoms with van der Waals surface area (Å²) in [5, 5.41) is 16.1. The van der Waals surface area contributed by atoms with Gasteiger partial charge in [-0.3, -0.25) is 9.89 Å². The minimum atomic E-state index is -0.813. The van der Waals surface area contributed by atoms with E-state index >= 15 is 0 Å². The van der Waals surface area contributed by atoms with Gasteiger partial charge in [0, 0.05) is 25.1 Å². The molecular weight excluding hydrogens is 244 g/mol. The number of aromatic nitrogens is 2. The molecule has 2 rings (SSSR count). The number of hydrogen-bond acceptors (Lipinski definition) is 4. The molecule has 5 heteroatoms. The first-order valence-corrected chi connectivity index (χ1v) is 5.96. The van der Waals surface area contributed by atoms with Crippen LogP contribution in [0.15, 0.2) is 36.7 Å². The summed E-state index contributed by atoms with van der Waals surface area (Å²) in [5.74, 6) is -0.168. The van der Waals surface area contributed by atoms with Gasteiger partial charge in [0.05, 0.1) is 6.20 Å². The summed E-state index contributed by atoms with van der Waals surface area (Å²) in [7, 11) is 0. The van der Waals surface area contributed by atoms with Gasteiger partial charge < -0.3 is 9.84 Å². The standard InChI is InChI=1S/C14H16N2O3/c1-10(17)19-14(2,12-8-15-16-9-12)7-11-4-3-5-13(18)6-11/h3-6,8-9,18H,7H2,1-2H3,(H,15,16). The van der Waals surface area contributed by atoms with E-state index in [0.717, 1.165) is 11.1 Å². The number of phenols is 1. The van der Waals surface area contributed by atoms with Gasteiger partial charge in [-0.05, 0) is 24.6 Å². The van der Waals surface area contributed by atoms with Crippen molar-refractivity contribution in [1.29, 1.82) is 0 Å². The van der Waals surface area contributed by atoms with Crippen LogP contribution in [-0.4, -0.2) is 21.3 Å². The first-order chi connectivity index (χ1) is 8.99. The molecule has 1 atom stereocenters. The maximum absolute atomic E-state index is 11.3. The predicted octanol–water partition coefficient (Wildman–Crippen LogP) is 2.14. The molecule has 19 heavy (non-hydrogen) atoms. The lowest BCUT2D eigenvalue weighted by atomic mass is 9.90. The number of aromatic amines is 1. The molecule has 5 nitrogen and oxygen atoms in total. The van der Waals surface area contributed by atoms with Crippen LogP contribution in [0, 0.1) is 0 Å². The monoisotopic (exact) mass is 260 g/mol. The van der Waals surface area contributed by atoms with Gasteiger partial charge in [-0.2, -0.15) is 5.10 Å². The molecule has 2 aromatic rings. The van der Waals surface area contributed by atoms with Gasteiger partial charge in [0.15, 0.2) is 0 Å². The van der Waals surface area contributed by atoms with Gasteiger partial charge in [0.25, 0.3) is 0 Å². The van der Waals surface area contributed by atoms with Crippen LogP contribution in [0.25, 0.3) is 0 Å². The van der Waals surface area contributed by atoms with Crippen molar-refractivity contribution in [2.45, 2.75) is 25.9 Å². The molecular formula is C14H16N2O3. The van der Waals surface area contributed by atoms with Gasteiger partial charge in [-0.25, -0.2) is 0 Å². The van der Waals surface area contributed by atoms with Crippen molar-refractivity contribution >= 4 is 5.97 Å². The van der Waals surface area contributed by atoms with Crippen LogP contribution < -0.4 is 0 Å². The molecule has 100 valence electrons. The van der Waals surface area contributed by atoms with Crippen LogP contribution in [0.1, 0.15) is 25.0 Å². The smallest absolute Gasteiger partial charge is 0.303 e. The van der Waals surface area contributed by atoms with Gasteiger partial charge >= 0.3 is 5.97 Å². The number of nitrogens with zero attached hydrogens (tertiary/aromatic N) is 1. The van der Waals surface area contributed by atoms with Crippen molar-refractivity contribution < 1.29 is 14.6 Å². The second-order valence-electron chi connectivity index (χ2n) is 4.66. The minimum Gasteiger partial charge on any atom is -0.508 e. The van der Waals surface area contributed by atoms with Gasteiger partial charge in [-0.1, -0.05) is 12.1 Å². The molecule has 1 unspecified atom stereocenters. The molecule has 0 aliphatic carbocycles. The van der Waals surface area contributed by atoms with Crippen LogP contribution in [-0.2, 0) is 21.6 Å². The third-order valence-corrected chi connectivity index (χ3v) is 2.93. The Hall–Kier alpha value is -2.30. The lowest BCUT2D eigenvalue weighted by Crippen LogP contribution is -2.30. The van der Waals surface area contributed by atoms with Crippen molar-refractivity contribution in [1.82, 2.24) is 10.2 Å². The van der Waals surface area contributed by atoms with E-state index in [0.29, 0.717) is 6.42 Å². The highest BCUT2D eigenvalue weighted by Gasteiger charge is 2.31. The molecule has 0 spiro atoms. The molecule has 0 bridgehead atoms. The van der Waals surface area contributed by atoms with Crippen LogP contribution in [0.4, 0.5) is 0 Å². The molecule has 0 saturated carbocycles. The van der Waals surface area contributed by atoms with E-state index in [9.17, 15) is 9.90 Å². The number of nitrogens with one attached hydrogen (secondary N) is 1. The van der Waals surface area contributed by atoms with Crippen LogP contribution in [0.5, 0.6) is 5.75 Å². The number of hydrogen-bond donors (Lipinski definition) is 2. The molecule has 1 aromatic carbocycles. The zero-order valence-corrected chi connectivity index (χ0v) is 10.9. The van der Waals surface area contributed by atoms with E-state index in [1.165, 1.54) is 6.92 Å². The van der Waals surface area contributed by atoms with Crippen molar-refractivity contribution in [3.05, 3.63) is 47.8 Å². The summed E-state index contributed by atoms with van der Waals surface area (Å²) in [6, 6.07) is 6.89. The zero-order valence-electron chi connectivity index (χ0n) is 10.9. The van der Waals surface area contributed by atoms with Gasteiger partial charge in [-0.15, -0.1) is 0 Å². The van der Waals surface area contributed by atoms with Crippen molar-refractivity contribution in [3.8, 4) is 5.75 Å². The SMILES string of the molecule is CC(=O)OC(C)(Cc1cccc(O)c1)c1cn[nH]c1. The summed E-state index contributed by atoms with van der Waals surface area (Å²) in [5.41, 5.74) is 0.850. The molecule has 1 aromatic heterocycles. The minimum absolute atomic E-state index is 0.190. The molecule has 0 fully saturated rings. The first kappa shape index (κ1) is 13.1. The second-order valence-corrected chi connectivity index (χ2v) is 4.66. The fraction of sp³-hybridized carbons (Fsp3) is 0.286. The number of aromatic hydroxyl groups is 1. The van der Waals surface area contributed by atoms with E-state index in [2.05, 4.69) is 10.2 Å². The fourth-order valence-electron chi connectivity index (χ4n) is 2.11. The lowest BCUT2D eigenvalue weighted by molar-refractivity contribution is -0.156. The van der Waals surface area contributed by atoms with E-state index in [4.69, 9.17) is 4.74 Å². The molecule has 0 saturated heterocycles. The zero-order chi connectivity index (χ0) is 13.9. The quantitative estimate of drug-likeness (QED) is 0.826. The van der Waals surface area contributed by atoms with E-state index in [-0.39, 0.29) is 11.7 Å². The van der Waals surface area contributed by atoms with E-state index in [1.807, 2.05) is 13.0 Å². The Bertz CT molecular complexity index is 566. The van der Waals surface area contributed by atoms with Crippen LogP contribution >= 0.6 is 0 Å². The Morgan fingerprint density at radius 1 is 1.53 bits per heavy atom.